The van der Waals surface area contributed by atoms with Crippen molar-refractivity contribution in [3.8, 4) is 11.3 Å². The predicted molar refractivity (Wildman–Crippen MR) is 114 cm³/mol. The number of nitrogens with one attached hydrogen (secondary N) is 2. The van der Waals surface area contributed by atoms with Crippen molar-refractivity contribution in [2.24, 2.45) is 7.05 Å². The third-order valence-electron chi connectivity index (χ3n) is 4.78. The molecule has 0 atom stereocenters. The Morgan fingerprint density at radius 1 is 1.04 bits per heavy atom. The van der Waals surface area contributed by atoms with Crippen LogP contribution in [0, 0.1) is 0 Å². The van der Waals surface area contributed by atoms with E-state index >= 15 is 0 Å². The molecule has 0 bridgehead atoms. The first-order valence-electron chi connectivity index (χ1n) is 9.26. The summed E-state index contributed by atoms with van der Waals surface area (Å²) in [6.45, 7) is 4.23. The molecule has 2 heterocycles. The molecule has 6 heteroatoms. The number of rotatable bonds is 4. The Morgan fingerprint density at radius 2 is 1.82 bits per heavy atom. The Bertz CT molecular complexity index is 1140. The molecule has 6 nitrogen and oxygen atoms in total. The largest absolute Gasteiger partial charge is 0.351 e. The van der Waals surface area contributed by atoms with Gasteiger partial charge in [0.25, 0.3) is 0 Å². The standard InChI is InChI=1S/C22H23N5O/c1-15(2)27-14-23-13-21(27)16-5-4-6-18(11-16)24-22(28)25-19-7-8-20-17(12-19)9-10-26(20)3/h4-15H,1-3H3,(H2,24,25,28). The highest BCUT2D eigenvalue weighted by molar-refractivity contribution is 6.01. The molecule has 142 valence electrons. The van der Waals surface area contributed by atoms with E-state index in [-0.39, 0.29) is 6.03 Å². The lowest BCUT2D eigenvalue weighted by Gasteiger charge is -2.13. The van der Waals surface area contributed by atoms with Crippen molar-refractivity contribution in [3.63, 3.8) is 0 Å². The van der Waals surface area contributed by atoms with E-state index < -0.39 is 0 Å². The number of fused-ring (bicyclic) bond motifs is 1. The van der Waals surface area contributed by atoms with Gasteiger partial charge in [-0.1, -0.05) is 12.1 Å². The fourth-order valence-electron chi connectivity index (χ4n) is 3.35. The molecule has 2 N–H and O–H groups in total. The zero-order chi connectivity index (χ0) is 19.7. The summed E-state index contributed by atoms with van der Waals surface area (Å²) >= 11 is 0. The molecule has 4 rings (SSSR count). The highest BCUT2D eigenvalue weighted by Gasteiger charge is 2.10. The van der Waals surface area contributed by atoms with Crippen molar-refractivity contribution in [3.05, 3.63) is 67.3 Å². The number of aryl methyl sites for hydroxylation is 1. The minimum atomic E-state index is -0.273. The van der Waals surface area contributed by atoms with Crippen molar-refractivity contribution in [1.82, 2.24) is 14.1 Å². The second-order valence-corrected chi connectivity index (χ2v) is 7.14. The zero-order valence-electron chi connectivity index (χ0n) is 16.2. The van der Waals surface area contributed by atoms with Gasteiger partial charge in [-0.3, -0.25) is 0 Å². The van der Waals surface area contributed by atoms with Crippen LogP contribution in [0.15, 0.2) is 67.3 Å². The molecule has 0 spiro atoms. The Labute approximate surface area is 163 Å². The molecular weight excluding hydrogens is 350 g/mol. The predicted octanol–water partition coefficient (Wildman–Crippen LogP) is 5.27. The normalized spacial score (nSPS) is 11.1. The maximum absolute atomic E-state index is 12.5. The van der Waals surface area contributed by atoms with Gasteiger partial charge in [0.2, 0.25) is 0 Å². The number of benzene rings is 2. The van der Waals surface area contributed by atoms with Crippen molar-refractivity contribution in [1.29, 1.82) is 0 Å². The second kappa shape index (κ2) is 7.23. The highest BCUT2D eigenvalue weighted by atomic mass is 16.2. The van der Waals surface area contributed by atoms with Crippen LogP contribution in [0.5, 0.6) is 0 Å². The van der Waals surface area contributed by atoms with Gasteiger partial charge in [-0.25, -0.2) is 9.78 Å². The van der Waals surface area contributed by atoms with E-state index in [9.17, 15) is 4.79 Å². The zero-order valence-corrected chi connectivity index (χ0v) is 16.2. The second-order valence-electron chi connectivity index (χ2n) is 7.14. The number of amides is 2. The summed E-state index contributed by atoms with van der Waals surface area (Å²) in [7, 11) is 2.00. The van der Waals surface area contributed by atoms with Crippen LogP contribution in [0.4, 0.5) is 16.2 Å². The molecule has 0 aliphatic heterocycles. The van der Waals surface area contributed by atoms with Crippen LogP contribution in [-0.2, 0) is 7.05 Å². The Balaban J connectivity index is 1.50. The molecule has 0 saturated carbocycles. The smallest absolute Gasteiger partial charge is 0.323 e. The fraction of sp³-hybridized carbons (Fsp3) is 0.182. The van der Waals surface area contributed by atoms with Gasteiger partial charge in [0, 0.05) is 47.1 Å². The molecule has 0 saturated heterocycles. The van der Waals surface area contributed by atoms with E-state index in [2.05, 4.69) is 34.0 Å². The van der Waals surface area contributed by atoms with Crippen molar-refractivity contribution in [2.45, 2.75) is 19.9 Å². The molecule has 0 aliphatic rings. The molecule has 0 aliphatic carbocycles. The summed E-state index contributed by atoms with van der Waals surface area (Å²) in [5.41, 5.74) is 4.64. The van der Waals surface area contributed by atoms with Gasteiger partial charge in [0.05, 0.1) is 18.2 Å². The average molecular weight is 373 g/mol. The number of carbonyl (C=O) groups excluding carboxylic acids is 1. The van der Waals surface area contributed by atoms with Crippen LogP contribution in [0.2, 0.25) is 0 Å². The number of imidazole rings is 1. The summed E-state index contributed by atoms with van der Waals surface area (Å²) < 4.78 is 4.15. The summed E-state index contributed by atoms with van der Waals surface area (Å²) in [6.07, 6.45) is 5.67. The summed E-state index contributed by atoms with van der Waals surface area (Å²) in [5, 5.41) is 6.90. The van der Waals surface area contributed by atoms with Crippen LogP contribution in [0.1, 0.15) is 19.9 Å². The van der Waals surface area contributed by atoms with Crippen molar-refractivity contribution < 1.29 is 4.79 Å². The number of nitrogens with zero attached hydrogens (tertiary/aromatic N) is 3. The maximum atomic E-state index is 12.5. The number of anilines is 2. The van der Waals surface area contributed by atoms with Crippen molar-refractivity contribution in [2.75, 3.05) is 10.6 Å². The van der Waals surface area contributed by atoms with Gasteiger partial charge >= 0.3 is 6.03 Å². The first-order chi connectivity index (χ1) is 13.5. The topological polar surface area (TPSA) is 63.9 Å². The first-order valence-corrected chi connectivity index (χ1v) is 9.26. The minimum absolute atomic E-state index is 0.273. The highest BCUT2D eigenvalue weighted by Crippen LogP contribution is 2.25. The van der Waals surface area contributed by atoms with E-state index in [1.807, 2.05) is 78.9 Å². The molecule has 4 aromatic rings. The Morgan fingerprint density at radius 3 is 2.61 bits per heavy atom. The number of urea groups is 1. The third-order valence-corrected chi connectivity index (χ3v) is 4.78. The summed E-state index contributed by atoms with van der Waals surface area (Å²) in [5.74, 6) is 0. The minimum Gasteiger partial charge on any atom is -0.351 e. The van der Waals surface area contributed by atoms with Crippen LogP contribution in [0.3, 0.4) is 0 Å². The van der Waals surface area contributed by atoms with Gasteiger partial charge in [-0.15, -0.1) is 0 Å². The van der Waals surface area contributed by atoms with E-state index in [1.54, 1.807) is 0 Å². The van der Waals surface area contributed by atoms with Gasteiger partial charge in [0.15, 0.2) is 0 Å². The number of aromatic nitrogens is 3. The summed E-state index contributed by atoms with van der Waals surface area (Å²) in [4.78, 5) is 16.7. The van der Waals surface area contributed by atoms with Crippen molar-refractivity contribution >= 4 is 28.3 Å². The van der Waals surface area contributed by atoms with Crippen LogP contribution >= 0.6 is 0 Å². The molecular formula is C22H23N5O. The average Bonchev–Trinajstić information content (AvgIpc) is 3.29. The quantitative estimate of drug-likeness (QED) is 0.512. The molecule has 2 amide bonds. The molecule has 0 fully saturated rings. The summed E-state index contributed by atoms with van der Waals surface area (Å²) in [6, 6.07) is 15.7. The van der Waals surface area contributed by atoms with Gasteiger partial charge in [0.1, 0.15) is 0 Å². The maximum Gasteiger partial charge on any atom is 0.323 e. The molecule has 28 heavy (non-hydrogen) atoms. The number of hydrogen-bond acceptors (Lipinski definition) is 2. The lowest BCUT2D eigenvalue weighted by atomic mass is 10.1. The van der Waals surface area contributed by atoms with Gasteiger partial charge in [-0.2, -0.15) is 0 Å². The van der Waals surface area contributed by atoms with Crippen LogP contribution in [-0.4, -0.2) is 20.1 Å². The van der Waals surface area contributed by atoms with Crippen LogP contribution < -0.4 is 10.6 Å². The van der Waals surface area contributed by atoms with E-state index in [0.29, 0.717) is 6.04 Å². The fourth-order valence-corrected chi connectivity index (χ4v) is 3.35. The lowest BCUT2D eigenvalue weighted by Crippen LogP contribution is -2.19. The third kappa shape index (κ3) is 3.49. The monoisotopic (exact) mass is 373 g/mol. The molecule has 2 aromatic carbocycles. The van der Waals surface area contributed by atoms with E-state index in [1.165, 1.54) is 0 Å². The lowest BCUT2D eigenvalue weighted by molar-refractivity contribution is 0.262. The molecule has 0 radical (unpaired) electrons. The number of hydrogen-bond donors (Lipinski definition) is 2. The molecule has 2 aromatic heterocycles. The van der Waals surface area contributed by atoms with Gasteiger partial charge < -0.3 is 19.8 Å². The van der Waals surface area contributed by atoms with Crippen LogP contribution in [0.25, 0.3) is 22.2 Å². The van der Waals surface area contributed by atoms with Gasteiger partial charge in [-0.05, 0) is 50.2 Å². The SMILES string of the molecule is CC(C)n1cncc1-c1cccc(NC(=O)Nc2ccc3c(ccn3C)c2)c1. The van der Waals surface area contributed by atoms with E-state index in [4.69, 9.17) is 0 Å². The molecule has 0 unspecified atom stereocenters. The number of carbonyl (C=O) groups is 1. The van der Waals surface area contributed by atoms with E-state index in [0.717, 1.165) is 33.5 Å². The Hall–Kier alpha value is -3.54. The Kier molecular flexibility index (Phi) is 4.61. The first kappa shape index (κ1) is 17.9.